The van der Waals surface area contributed by atoms with Gasteiger partial charge in [0.1, 0.15) is 5.75 Å². The van der Waals surface area contributed by atoms with Crippen molar-refractivity contribution in [1.29, 1.82) is 0 Å². The zero-order chi connectivity index (χ0) is 20.9. The van der Waals surface area contributed by atoms with Crippen LogP contribution in [-0.2, 0) is 16.6 Å². The summed E-state index contributed by atoms with van der Waals surface area (Å²) in [5.74, 6) is 0.875. The Morgan fingerprint density at radius 3 is 2.17 bits per heavy atom. The highest BCUT2D eigenvalue weighted by Crippen LogP contribution is 2.28. The summed E-state index contributed by atoms with van der Waals surface area (Å²) in [7, 11) is 0.464. The lowest BCUT2D eigenvalue weighted by Crippen LogP contribution is -2.38. The standard InChI is InChI=1S/C22H31N3O3S/c1-23-19-9-11-20(12-10-19)24-15-18-14-17(6-13-22(18)28-2)16-4-7-21(8-5-16)25-29(3,26)27/h4-8,13-14,19-20,23-25H,9-12,15H2,1-3H3. The molecule has 1 aliphatic carbocycles. The molecule has 6 nitrogen and oxygen atoms in total. The summed E-state index contributed by atoms with van der Waals surface area (Å²) in [4.78, 5) is 0. The van der Waals surface area contributed by atoms with Crippen LogP contribution in [0.15, 0.2) is 42.5 Å². The number of hydrogen-bond donors (Lipinski definition) is 3. The SMILES string of the molecule is CNC1CCC(NCc2cc(-c3ccc(NS(C)(=O)=O)cc3)ccc2OC)CC1. The molecular weight excluding hydrogens is 386 g/mol. The molecule has 0 heterocycles. The van der Waals surface area contributed by atoms with Crippen molar-refractivity contribution in [2.45, 2.75) is 44.3 Å². The minimum Gasteiger partial charge on any atom is -0.496 e. The molecule has 1 saturated carbocycles. The first-order chi connectivity index (χ1) is 13.9. The van der Waals surface area contributed by atoms with Gasteiger partial charge in [-0.25, -0.2) is 8.42 Å². The maximum Gasteiger partial charge on any atom is 0.229 e. The summed E-state index contributed by atoms with van der Waals surface area (Å²) in [5.41, 5.74) is 3.79. The van der Waals surface area contributed by atoms with Crippen molar-refractivity contribution in [1.82, 2.24) is 10.6 Å². The maximum atomic E-state index is 11.4. The Kier molecular flexibility index (Phi) is 7.16. The molecule has 0 aromatic heterocycles. The lowest BCUT2D eigenvalue weighted by Gasteiger charge is -2.29. The van der Waals surface area contributed by atoms with Gasteiger partial charge in [0.2, 0.25) is 10.0 Å². The third-order valence-corrected chi connectivity index (χ3v) is 6.12. The second kappa shape index (κ2) is 9.61. The van der Waals surface area contributed by atoms with Gasteiger partial charge in [-0.05, 0) is 68.1 Å². The van der Waals surface area contributed by atoms with E-state index in [1.807, 2.05) is 31.3 Å². The maximum absolute atomic E-state index is 11.4. The van der Waals surface area contributed by atoms with Gasteiger partial charge < -0.3 is 15.4 Å². The summed E-state index contributed by atoms with van der Waals surface area (Å²) in [5, 5.41) is 7.06. The Hall–Kier alpha value is -2.09. The molecule has 0 amide bonds. The Labute approximate surface area is 174 Å². The van der Waals surface area contributed by atoms with Gasteiger partial charge >= 0.3 is 0 Å². The predicted octanol–water partition coefficient (Wildman–Crippen LogP) is 3.35. The molecule has 7 heteroatoms. The van der Waals surface area contributed by atoms with Gasteiger partial charge in [-0.3, -0.25) is 4.72 Å². The number of anilines is 1. The smallest absolute Gasteiger partial charge is 0.229 e. The van der Waals surface area contributed by atoms with E-state index in [0.717, 1.165) is 35.2 Å². The van der Waals surface area contributed by atoms with Gasteiger partial charge in [0.25, 0.3) is 0 Å². The van der Waals surface area contributed by atoms with Crippen LogP contribution in [0.2, 0.25) is 0 Å². The topological polar surface area (TPSA) is 79.5 Å². The van der Waals surface area contributed by atoms with E-state index in [2.05, 4.69) is 21.4 Å². The van der Waals surface area contributed by atoms with E-state index in [4.69, 9.17) is 4.74 Å². The number of rotatable bonds is 8. The number of ether oxygens (including phenoxy) is 1. The molecule has 1 fully saturated rings. The average molecular weight is 418 g/mol. The van der Waals surface area contributed by atoms with Gasteiger partial charge in [-0.2, -0.15) is 0 Å². The fourth-order valence-electron chi connectivity index (χ4n) is 3.88. The van der Waals surface area contributed by atoms with Crippen molar-refractivity contribution in [3.05, 3.63) is 48.0 Å². The molecule has 158 valence electrons. The molecule has 0 unspecified atom stereocenters. The quantitative estimate of drug-likeness (QED) is 0.614. The van der Waals surface area contributed by atoms with Crippen molar-refractivity contribution >= 4 is 15.7 Å². The molecule has 0 saturated heterocycles. The van der Waals surface area contributed by atoms with Gasteiger partial charge in [-0.1, -0.05) is 18.2 Å². The molecule has 0 atom stereocenters. The van der Waals surface area contributed by atoms with Gasteiger partial charge in [-0.15, -0.1) is 0 Å². The molecule has 29 heavy (non-hydrogen) atoms. The molecule has 1 aliphatic rings. The van der Waals surface area contributed by atoms with Crippen molar-refractivity contribution in [3.8, 4) is 16.9 Å². The van der Waals surface area contributed by atoms with Gasteiger partial charge in [0, 0.05) is 29.9 Å². The van der Waals surface area contributed by atoms with Crippen molar-refractivity contribution in [2.75, 3.05) is 25.1 Å². The van der Waals surface area contributed by atoms with E-state index in [1.165, 1.54) is 25.7 Å². The van der Waals surface area contributed by atoms with Crippen molar-refractivity contribution in [2.24, 2.45) is 0 Å². The molecule has 0 spiro atoms. The first kappa shape index (κ1) is 21.6. The molecule has 2 aromatic carbocycles. The minimum atomic E-state index is -3.27. The summed E-state index contributed by atoms with van der Waals surface area (Å²) >= 11 is 0. The number of nitrogens with one attached hydrogen (secondary N) is 3. The van der Waals surface area contributed by atoms with E-state index in [1.54, 1.807) is 19.2 Å². The zero-order valence-electron chi connectivity index (χ0n) is 17.4. The Balaban J connectivity index is 1.70. The zero-order valence-corrected chi connectivity index (χ0v) is 18.2. The summed E-state index contributed by atoms with van der Waals surface area (Å²) in [6.45, 7) is 0.764. The molecule has 0 aliphatic heterocycles. The van der Waals surface area contributed by atoms with E-state index in [9.17, 15) is 8.42 Å². The van der Waals surface area contributed by atoms with Crippen LogP contribution in [0.1, 0.15) is 31.2 Å². The van der Waals surface area contributed by atoms with Crippen LogP contribution in [0.4, 0.5) is 5.69 Å². The first-order valence-corrected chi connectivity index (χ1v) is 11.9. The fraction of sp³-hybridized carbons (Fsp3) is 0.455. The van der Waals surface area contributed by atoms with Crippen LogP contribution in [0.3, 0.4) is 0 Å². The number of hydrogen-bond acceptors (Lipinski definition) is 5. The van der Waals surface area contributed by atoms with E-state index in [-0.39, 0.29) is 0 Å². The highest BCUT2D eigenvalue weighted by atomic mass is 32.2. The third kappa shape index (κ3) is 6.19. The van der Waals surface area contributed by atoms with Gasteiger partial charge in [0.15, 0.2) is 0 Å². The van der Waals surface area contributed by atoms with E-state index >= 15 is 0 Å². The minimum absolute atomic E-state index is 0.536. The monoisotopic (exact) mass is 417 g/mol. The lowest BCUT2D eigenvalue weighted by atomic mass is 9.91. The van der Waals surface area contributed by atoms with Crippen LogP contribution >= 0.6 is 0 Å². The van der Waals surface area contributed by atoms with E-state index < -0.39 is 10.0 Å². The molecule has 3 N–H and O–H groups in total. The van der Waals surface area contributed by atoms with Crippen LogP contribution < -0.4 is 20.1 Å². The Morgan fingerprint density at radius 1 is 0.966 bits per heavy atom. The van der Waals surface area contributed by atoms with Crippen molar-refractivity contribution < 1.29 is 13.2 Å². The molecule has 3 rings (SSSR count). The van der Waals surface area contributed by atoms with Crippen molar-refractivity contribution in [3.63, 3.8) is 0 Å². The van der Waals surface area contributed by atoms with Crippen LogP contribution in [0, 0.1) is 0 Å². The highest BCUT2D eigenvalue weighted by molar-refractivity contribution is 7.92. The number of methoxy groups -OCH3 is 1. The third-order valence-electron chi connectivity index (χ3n) is 5.52. The second-order valence-corrected chi connectivity index (χ2v) is 9.44. The number of benzene rings is 2. The predicted molar refractivity (Wildman–Crippen MR) is 119 cm³/mol. The Bertz CT molecular complexity index is 905. The molecule has 0 bridgehead atoms. The van der Waals surface area contributed by atoms with Crippen LogP contribution in [0.5, 0.6) is 5.75 Å². The second-order valence-electron chi connectivity index (χ2n) is 7.70. The van der Waals surface area contributed by atoms with Gasteiger partial charge in [0.05, 0.1) is 13.4 Å². The molecule has 2 aromatic rings. The lowest BCUT2D eigenvalue weighted by molar-refractivity contribution is 0.315. The Morgan fingerprint density at radius 2 is 1.59 bits per heavy atom. The van der Waals surface area contributed by atoms with Crippen LogP contribution in [0.25, 0.3) is 11.1 Å². The fourth-order valence-corrected chi connectivity index (χ4v) is 4.45. The summed E-state index contributed by atoms with van der Waals surface area (Å²) in [6, 6.07) is 14.7. The molecule has 0 radical (unpaired) electrons. The normalized spacial score (nSPS) is 19.7. The average Bonchev–Trinajstić information content (AvgIpc) is 2.72. The summed E-state index contributed by atoms with van der Waals surface area (Å²) in [6.07, 6.45) is 5.93. The first-order valence-electron chi connectivity index (χ1n) is 10.0. The molecular formula is C22H31N3O3S. The highest BCUT2D eigenvalue weighted by Gasteiger charge is 2.19. The largest absolute Gasteiger partial charge is 0.496 e. The number of sulfonamides is 1. The van der Waals surface area contributed by atoms with E-state index in [0.29, 0.717) is 17.8 Å². The van der Waals surface area contributed by atoms with Crippen LogP contribution in [-0.4, -0.2) is 40.9 Å². The summed E-state index contributed by atoms with van der Waals surface area (Å²) < 4.78 is 30.8.